The molecule has 0 radical (unpaired) electrons. The number of nitriles is 1. The fraction of sp³-hybridized carbons (Fsp3) is 0.345. The largest absolute Gasteiger partial charge is 0.465 e. The summed E-state index contributed by atoms with van der Waals surface area (Å²) in [7, 11) is 0. The molecule has 39 heavy (non-hydrogen) atoms. The maximum absolute atomic E-state index is 16.6. The van der Waals surface area contributed by atoms with Crippen molar-refractivity contribution in [3.63, 3.8) is 0 Å². The number of pyridine rings is 1. The molecular formula is C29H26Cl2FN5O2. The minimum absolute atomic E-state index is 0.0997. The molecule has 7 nitrogen and oxygen atoms in total. The highest BCUT2D eigenvalue weighted by Gasteiger charge is 2.55. The van der Waals surface area contributed by atoms with Gasteiger partial charge in [0.2, 0.25) is 0 Å². The number of nitrogens with two attached hydrogens (primary N) is 1. The van der Waals surface area contributed by atoms with E-state index in [1.54, 1.807) is 18.2 Å². The second-order valence-electron chi connectivity index (χ2n) is 10.6. The Morgan fingerprint density at radius 3 is 2.77 bits per heavy atom. The van der Waals surface area contributed by atoms with Crippen molar-refractivity contribution in [1.29, 1.82) is 5.26 Å². The molecule has 4 heterocycles. The minimum Gasteiger partial charge on any atom is -0.465 e. The summed E-state index contributed by atoms with van der Waals surface area (Å²) in [6, 6.07) is 10.5. The van der Waals surface area contributed by atoms with E-state index in [1.165, 1.54) is 4.90 Å². The summed E-state index contributed by atoms with van der Waals surface area (Å²) in [6.07, 6.45) is 0.347. The van der Waals surface area contributed by atoms with Gasteiger partial charge in [0.1, 0.15) is 5.52 Å². The molecule has 1 saturated carbocycles. The molecule has 10 heteroatoms. The molecule has 0 spiro atoms. The van der Waals surface area contributed by atoms with Gasteiger partial charge in [0.15, 0.2) is 5.82 Å². The van der Waals surface area contributed by atoms with Crippen molar-refractivity contribution in [2.75, 3.05) is 6.54 Å². The van der Waals surface area contributed by atoms with Gasteiger partial charge in [-0.1, -0.05) is 35.3 Å². The van der Waals surface area contributed by atoms with E-state index in [1.807, 2.05) is 26.0 Å². The maximum atomic E-state index is 16.6. The SMILES string of the molecule is Cc1nc2c(F)c(-c3cccc(Cl)c3Cl)c(CCC#N)cc2c2c1cc([C@@H](C)N)n2[C@H]1[C@@H]2C[C@H]1N(C(=O)O)C2. The Bertz CT molecular complexity index is 1730. The lowest BCUT2D eigenvalue weighted by Gasteiger charge is -2.39. The number of rotatable bonds is 5. The Labute approximate surface area is 234 Å². The van der Waals surface area contributed by atoms with Crippen LogP contribution in [0.15, 0.2) is 30.3 Å². The van der Waals surface area contributed by atoms with E-state index in [4.69, 9.17) is 33.9 Å². The van der Waals surface area contributed by atoms with Crippen LogP contribution in [0.1, 0.15) is 48.8 Å². The van der Waals surface area contributed by atoms with Gasteiger partial charge < -0.3 is 20.3 Å². The summed E-state index contributed by atoms with van der Waals surface area (Å²) in [6.45, 7) is 4.19. The Hall–Kier alpha value is -3.38. The van der Waals surface area contributed by atoms with Crippen LogP contribution in [0.5, 0.6) is 0 Å². The summed E-state index contributed by atoms with van der Waals surface area (Å²) >= 11 is 12.8. The Kier molecular flexibility index (Phi) is 6.22. The van der Waals surface area contributed by atoms with Crippen LogP contribution in [-0.2, 0) is 6.42 Å². The first-order valence-electron chi connectivity index (χ1n) is 12.9. The van der Waals surface area contributed by atoms with Crippen molar-refractivity contribution in [3.05, 3.63) is 63.1 Å². The third-order valence-electron chi connectivity index (χ3n) is 8.30. The zero-order valence-electron chi connectivity index (χ0n) is 21.4. The van der Waals surface area contributed by atoms with Gasteiger partial charge in [-0.3, -0.25) is 0 Å². The van der Waals surface area contributed by atoms with Gasteiger partial charge in [-0.05, 0) is 50.5 Å². The first-order chi connectivity index (χ1) is 18.6. The third kappa shape index (κ3) is 3.79. The molecule has 0 unspecified atom stereocenters. The standard InChI is InChI=1S/C29H26Cl2FN5O2/c1-13(34)21-11-18-14(2)35-26-19(28(18)37(21)27-16-10-22(27)36(12-16)29(38)39)9-15(5-4-8-33)23(25(26)32)17-6-3-7-20(30)24(17)31/h3,6-7,9,11,13,16,22,27H,4-5,10,12,34H2,1-2H3,(H,38,39)/t13-,16-,22-,27+/m1/s1. The first-order valence-corrected chi connectivity index (χ1v) is 13.6. The number of hydrogen-bond donors (Lipinski definition) is 2. The molecule has 2 aromatic heterocycles. The van der Waals surface area contributed by atoms with Gasteiger partial charge >= 0.3 is 6.09 Å². The molecule has 2 aliphatic heterocycles. The highest BCUT2D eigenvalue weighted by Crippen LogP contribution is 2.52. The lowest BCUT2D eigenvalue weighted by Crippen LogP contribution is -2.42. The molecule has 4 aromatic rings. The molecule has 2 bridgehead atoms. The van der Waals surface area contributed by atoms with Crippen molar-refractivity contribution in [2.24, 2.45) is 11.7 Å². The van der Waals surface area contributed by atoms with Crippen LogP contribution in [0.2, 0.25) is 10.0 Å². The van der Waals surface area contributed by atoms with Gasteiger partial charge in [0, 0.05) is 58.2 Å². The van der Waals surface area contributed by atoms with Crippen molar-refractivity contribution in [3.8, 4) is 17.2 Å². The number of halogens is 3. The molecule has 7 rings (SSSR count). The van der Waals surface area contributed by atoms with Gasteiger partial charge in [0.05, 0.1) is 33.7 Å². The van der Waals surface area contributed by atoms with Crippen molar-refractivity contribution in [1.82, 2.24) is 14.5 Å². The number of nitrogens with zero attached hydrogens (tertiary/aromatic N) is 4. The molecule has 1 aliphatic carbocycles. The fourth-order valence-corrected chi connectivity index (χ4v) is 6.94. The van der Waals surface area contributed by atoms with Crippen LogP contribution in [0.3, 0.4) is 0 Å². The third-order valence-corrected chi connectivity index (χ3v) is 9.12. The average Bonchev–Trinajstić information content (AvgIpc) is 3.59. The molecule has 2 aromatic carbocycles. The lowest BCUT2D eigenvalue weighted by atomic mass is 9.79. The Morgan fingerprint density at radius 2 is 2.10 bits per heavy atom. The smallest absolute Gasteiger partial charge is 0.407 e. The average molecular weight is 566 g/mol. The van der Waals surface area contributed by atoms with E-state index in [0.29, 0.717) is 40.2 Å². The van der Waals surface area contributed by atoms with E-state index < -0.39 is 11.9 Å². The van der Waals surface area contributed by atoms with Crippen molar-refractivity contribution < 1.29 is 14.3 Å². The summed E-state index contributed by atoms with van der Waals surface area (Å²) in [5, 5.41) is 21.1. The van der Waals surface area contributed by atoms with Gasteiger partial charge in [-0.25, -0.2) is 14.2 Å². The van der Waals surface area contributed by atoms with E-state index in [9.17, 15) is 15.2 Å². The number of amides is 1. The summed E-state index contributed by atoms with van der Waals surface area (Å²) in [5.74, 6) is -0.386. The van der Waals surface area contributed by atoms with Crippen LogP contribution in [0.25, 0.3) is 32.9 Å². The number of hydrogen-bond acceptors (Lipinski definition) is 4. The van der Waals surface area contributed by atoms with Crippen LogP contribution in [0.4, 0.5) is 9.18 Å². The number of aromatic nitrogens is 2. The van der Waals surface area contributed by atoms with Crippen LogP contribution < -0.4 is 5.73 Å². The van der Waals surface area contributed by atoms with E-state index in [2.05, 4.69) is 10.6 Å². The van der Waals surface area contributed by atoms with Gasteiger partial charge in [-0.15, -0.1) is 0 Å². The molecule has 1 amide bonds. The topological polar surface area (TPSA) is 108 Å². The number of aryl methyl sites for hydroxylation is 2. The van der Waals surface area contributed by atoms with Crippen molar-refractivity contribution in [2.45, 2.75) is 51.2 Å². The predicted octanol–water partition coefficient (Wildman–Crippen LogP) is 7.01. The fourth-order valence-electron chi connectivity index (χ4n) is 6.55. The second-order valence-corrected chi connectivity index (χ2v) is 11.3. The Morgan fingerprint density at radius 1 is 1.33 bits per heavy atom. The Balaban J connectivity index is 1.69. The molecule has 2 saturated heterocycles. The highest BCUT2D eigenvalue weighted by molar-refractivity contribution is 6.43. The lowest BCUT2D eigenvalue weighted by molar-refractivity contribution is 0.124. The second kappa shape index (κ2) is 9.37. The number of benzene rings is 2. The molecule has 3 N–H and O–H groups in total. The quantitative estimate of drug-likeness (QED) is 0.270. The highest BCUT2D eigenvalue weighted by atomic mass is 35.5. The zero-order valence-corrected chi connectivity index (χ0v) is 22.9. The molecule has 3 aliphatic rings. The van der Waals surface area contributed by atoms with Gasteiger partial charge in [0.25, 0.3) is 0 Å². The van der Waals surface area contributed by atoms with E-state index >= 15 is 4.39 Å². The van der Waals surface area contributed by atoms with Crippen molar-refractivity contribution >= 4 is 51.1 Å². The van der Waals surface area contributed by atoms with Crippen LogP contribution in [0, 0.1) is 30.0 Å². The van der Waals surface area contributed by atoms with Crippen LogP contribution in [-0.4, -0.2) is 38.2 Å². The van der Waals surface area contributed by atoms with Gasteiger partial charge in [-0.2, -0.15) is 5.26 Å². The summed E-state index contributed by atoms with van der Waals surface area (Å²) in [5.41, 5.74) is 10.3. The molecule has 3 fully saturated rings. The number of carbonyl (C=O) groups is 1. The summed E-state index contributed by atoms with van der Waals surface area (Å²) in [4.78, 5) is 18.1. The molecule has 200 valence electrons. The predicted molar refractivity (Wildman–Crippen MR) is 150 cm³/mol. The maximum Gasteiger partial charge on any atom is 0.407 e. The first kappa shape index (κ1) is 25.9. The molecule has 4 atom stereocenters. The molecular weight excluding hydrogens is 540 g/mol. The summed E-state index contributed by atoms with van der Waals surface area (Å²) < 4.78 is 18.8. The number of fused-ring (bicyclic) bond motifs is 4. The normalized spacial score (nSPS) is 20.8. The monoisotopic (exact) mass is 565 g/mol. The zero-order chi connectivity index (χ0) is 27.7. The minimum atomic E-state index is -0.931. The number of carboxylic acid groups (broad SMARTS) is 1. The van der Waals surface area contributed by atoms with E-state index in [0.717, 1.165) is 23.0 Å². The van der Waals surface area contributed by atoms with E-state index in [-0.39, 0.29) is 46.6 Å². The van der Waals surface area contributed by atoms with Crippen LogP contribution >= 0.6 is 23.2 Å².